The number of anilines is 1. The van der Waals surface area contributed by atoms with Crippen LogP contribution < -0.4 is 5.73 Å². The van der Waals surface area contributed by atoms with Crippen molar-refractivity contribution < 1.29 is 5.11 Å². The molecule has 2 aromatic heterocycles. The first-order valence-electron chi connectivity index (χ1n) is 5.72. The molecule has 0 unspecified atom stereocenters. The molecular weight excluding hydrogens is 226 g/mol. The van der Waals surface area contributed by atoms with Crippen molar-refractivity contribution in [2.24, 2.45) is 0 Å². The van der Waals surface area contributed by atoms with Crippen LogP contribution in [0.3, 0.4) is 0 Å². The highest BCUT2D eigenvalue weighted by atomic mass is 16.3. The topological polar surface area (TPSA) is 63.5 Å². The van der Waals surface area contributed by atoms with Crippen LogP contribution >= 0.6 is 0 Å². The second-order valence-electron chi connectivity index (χ2n) is 4.31. The minimum absolute atomic E-state index is 0.278. The number of phenols is 1. The number of aromatic nitrogens is 2. The first-order chi connectivity index (χ1) is 8.70. The van der Waals surface area contributed by atoms with Gasteiger partial charge in [-0.15, -0.1) is 0 Å². The van der Waals surface area contributed by atoms with Crippen LogP contribution in [-0.2, 0) is 6.42 Å². The predicted molar refractivity (Wildman–Crippen MR) is 70.5 cm³/mol. The predicted octanol–water partition coefficient (Wildman–Crippen LogP) is 2.21. The Balaban J connectivity index is 1.95. The Morgan fingerprint density at radius 1 is 1.17 bits per heavy atom. The Morgan fingerprint density at radius 3 is 2.89 bits per heavy atom. The van der Waals surface area contributed by atoms with E-state index < -0.39 is 0 Å². The number of aromatic hydroxyl groups is 1. The summed E-state index contributed by atoms with van der Waals surface area (Å²) < 4.78 is 1.91. The van der Waals surface area contributed by atoms with Gasteiger partial charge in [-0.3, -0.25) is 0 Å². The molecule has 0 aliphatic carbocycles. The maximum Gasteiger partial charge on any atom is 0.137 e. The third kappa shape index (κ3) is 2.00. The van der Waals surface area contributed by atoms with Crippen molar-refractivity contribution in [2.75, 3.05) is 5.73 Å². The highest BCUT2D eigenvalue weighted by molar-refractivity contribution is 5.48. The highest BCUT2D eigenvalue weighted by Crippen LogP contribution is 2.16. The number of nitrogen functional groups attached to an aromatic ring is 1. The molecule has 0 saturated carbocycles. The van der Waals surface area contributed by atoms with Crippen LogP contribution in [0.25, 0.3) is 5.65 Å². The minimum Gasteiger partial charge on any atom is -0.508 e. The number of phenolic OH excluding ortho intramolecular Hbond substituents is 1. The summed E-state index contributed by atoms with van der Waals surface area (Å²) in [5.74, 6) is 0.278. The largest absolute Gasteiger partial charge is 0.508 e. The molecule has 0 radical (unpaired) electrons. The Bertz CT molecular complexity index is 703. The lowest BCUT2D eigenvalue weighted by Gasteiger charge is -1.98. The molecule has 3 aromatic rings. The molecule has 4 nitrogen and oxygen atoms in total. The van der Waals surface area contributed by atoms with Crippen LogP contribution in [0.5, 0.6) is 5.75 Å². The second kappa shape index (κ2) is 4.07. The monoisotopic (exact) mass is 239 g/mol. The van der Waals surface area contributed by atoms with Crippen LogP contribution in [0, 0.1) is 0 Å². The van der Waals surface area contributed by atoms with Crippen molar-refractivity contribution in [1.29, 1.82) is 0 Å². The van der Waals surface area contributed by atoms with Gasteiger partial charge in [-0.2, -0.15) is 0 Å². The highest BCUT2D eigenvalue weighted by Gasteiger charge is 2.03. The number of pyridine rings is 1. The van der Waals surface area contributed by atoms with Gasteiger partial charge in [-0.25, -0.2) is 4.98 Å². The average Bonchev–Trinajstić information content (AvgIpc) is 2.70. The Morgan fingerprint density at radius 2 is 2.06 bits per heavy atom. The molecule has 0 spiro atoms. The lowest BCUT2D eigenvalue weighted by Crippen LogP contribution is -1.88. The van der Waals surface area contributed by atoms with E-state index in [0.717, 1.165) is 16.9 Å². The van der Waals surface area contributed by atoms with Gasteiger partial charge in [0.25, 0.3) is 0 Å². The van der Waals surface area contributed by atoms with Crippen LogP contribution in [0.1, 0.15) is 11.3 Å². The van der Waals surface area contributed by atoms with E-state index in [-0.39, 0.29) is 5.75 Å². The SMILES string of the molecule is Nc1ccc2nc(Cc3cccc(O)c3)cn2c1. The molecule has 0 bridgehead atoms. The van der Waals surface area contributed by atoms with Crippen LogP contribution in [0.4, 0.5) is 5.69 Å². The molecule has 2 heterocycles. The zero-order valence-corrected chi connectivity index (χ0v) is 9.74. The van der Waals surface area contributed by atoms with E-state index in [1.54, 1.807) is 12.1 Å². The van der Waals surface area contributed by atoms with E-state index in [2.05, 4.69) is 4.98 Å². The number of benzene rings is 1. The fraction of sp³-hybridized carbons (Fsp3) is 0.0714. The fourth-order valence-electron chi connectivity index (χ4n) is 2.02. The van der Waals surface area contributed by atoms with Gasteiger partial charge in [-0.05, 0) is 29.8 Å². The first kappa shape index (κ1) is 10.7. The quantitative estimate of drug-likeness (QED) is 0.720. The standard InChI is InChI=1S/C14H13N3O/c15-11-4-5-14-16-12(9-17(14)8-11)6-10-2-1-3-13(18)7-10/h1-5,7-9,18H,6,15H2. The van der Waals surface area contributed by atoms with Gasteiger partial charge in [0, 0.05) is 24.5 Å². The maximum atomic E-state index is 9.43. The van der Waals surface area contributed by atoms with Gasteiger partial charge in [0.05, 0.1) is 5.69 Å². The van der Waals surface area contributed by atoms with E-state index in [1.807, 2.05) is 41.1 Å². The molecule has 0 aliphatic heterocycles. The van der Waals surface area contributed by atoms with Crippen LogP contribution in [-0.4, -0.2) is 14.5 Å². The molecule has 4 heteroatoms. The minimum atomic E-state index is 0.278. The Labute approximate surface area is 104 Å². The normalized spacial score (nSPS) is 10.9. The van der Waals surface area contributed by atoms with Gasteiger partial charge >= 0.3 is 0 Å². The van der Waals surface area contributed by atoms with Gasteiger partial charge in [0.1, 0.15) is 11.4 Å². The van der Waals surface area contributed by atoms with E-state index in [4.69, 9.17) is 5.73 Å². The first-order valence-corrected chi connectivity index (χ1v) is 5.72. The van der Waals surface area contributed by atoms with E-state index >= 15 is 0 Å². The van der Waals surface area contributed by atoms with Crippen molar-refractivity contribution in [3.05, 3.63) is 60.0 Å². The molecule has 0 fully saturated rings. The summed E-state index contributed by atoms with van der Waals surface area (Å²) in [5, 5.41) is 9.43. The number of fused-ring (bicyclic) bond motifs is 1. The molecule has 1 aromatic carbocycles. The molecule has 3 rings (SSSR count). The van der Waals surface area contributed by atoms with Crippen molar-refractivity contribution in [1.82, 2.24) is 9.38 Å². The lowest BCUT2D eigenvalue weighted by molar-refractivity contribution is 0.474. The molecule has 0 atom stereocenters. The Kier molecular flexibility index (Phi) is 2.41. The molecule has 90 valence electrons. The number of nitrogens with zero attached hydrogens (tertiary/aromatic N) is 2. The Hall–Kier alpha value is -2.49. The van der Waals surface area contributed by atoms with Crippen molar-refractivity contribution in [3.63, 3.8) is 0 Å². The van der Waals surface area contributed by atoms with Crippen LogP contribution in [0.15, 0.2) is 48.8 Å². The molecule has 0 amide bonds. The number of hydrogen-bond acceptors (Lipinski definition) is 3. The lowest BCUT2D eigenvalue weighted by atomic mass is 10.1. The van der Waals surface area contributed by atoms with E-state index in [0.29, 0.717) is 12.1 Å². The second-order valence-corrected chi connectivity index (χ2v) is 4.31. The van der Waals surface area contributed by atoms with Gasteiger partial charge < -0.3 is 15.2 Å². The smallest absolute Gasteiger partial charge is 0.137 e. The fourth-order valence-corrected chi connectivity index (χ4v) is 2.02. The maximum absolute atomic E-state index is 9.43. The number of hydrogen-bond donors (Lipinski definition) is 2. The van der Waals surface area contributed by atoms with Crippen LogP contribution in [0.2, 0.25) is 0 Å². The zero-order valence-electron chi connectivity index (χ0n) is 9.74. The number of rotatable bonds is 2. The number of imidazole rings is 1. The van der Waals surface area contributed by atoms with Gasteiger partial charge in [-0.1, -0.05) is 12.1 Å². The molecular formula is C14H13N3O. The molecule has 3 N–H and O–H groups in total. The molecule has 0 saturated heterocycles. The van der Waals surface area contributed by atoms with Gasteiger partial charge in [0.2, 0.25) is 0 Å². The average molecular weight is 239 g/mol. The summed E-state index contributed by atoms with van der Waals surface area (Å²) in [6.45, 7) is 0. The van der Waals surface area contributed by atoms with Gasteiger partial charge in [0.15, 0.2) is 0 Å². The van der Waals surface area contributed by atoms with E-state index in [9.17, 15) is 5.11 Å². The summed E-state index contributed by atoms with van der Waals surface area (Å²) in [5.41, 5.74) is 9.29. The van der Waals surface area contributed by atoms with Crippen molar-refractivity contribution >= 4 is 11.3 Å². The summed E-state index contributed by atoms with van der Waals surface area (Å²) >= 11 is 0. The third-order valence-corrected chi connectivity index (χ3v) is 2.82. The summed E-state index contributed by atoms with van der Waals surface area (Å²) in [6, 6.07) is 10.9. The summed E-state index contributed by atoms with van der Waals surface area (Å²) in [6.07, 6.45) is 4.49. The summed E-state index contributed by atoms with van der Waals surface area (Å²) in [7, 11) is 0. The molecule has 18 heavy (non-hydrogen) atoms. The summed E-state index contributed by atoms with van der Waals surface area (Å²) in [4.78, 5) is 4.50. The van der Waals surface area contributed by atoms with Crippen molar-refractivity contribution in [2.45, 2.75) is 6.42 Å². The third-order valence-electron chi connectivity index (χ3n) is 2.82. The van der Waals surface area contributed by atoms with Crippen molar-refractivity contribution in [3.8, 4) is 5.75 Å². The molecule has 0 aliphatic rings. The zero-order chi connectivity index (χ0) is 12.5. The van der Waals surface area contributed by atoms with E-state index in [1.165, 1.54) is 0 Å². The number of nitrogens with two attached hydrogens (primary N) is 1.